The molecule has 0 aliphatic rings. The summed E-state index contributed by atoms with van der Waals surface area (Å²) in [6, 6.07) is 3.61. The van der Waals surface area contributed by atoms with E-state index in [1.165, 1.54) is 0 Å². The summed E-state index contributed by atoms with van der Waals surface area (Å²) in [5.74, 6) is 1.93. The van der Waals surface area contributed by atoms with Crippen LogP contribution in [-0.4, -0.2) is 32.5 Å². The van der Waals surface area contributed by atoms with Crippen molar-refractivity contribution in [3.05, 3.63) is 24.2 Å². The fraction of sp³-hybridized carbons (Fsp3) is 0.500. The molecule has 0 bridgehead atoms. The molecule has 0 saturated carbocycles. The summed E-state index contributed by atoms with van der Waals surface area (Å²) in [4.78, 5) is 4.41. The smallest absolute Gasteiger partial charge is 0.217 e. The molecule has 0 aliphatic carbocycles. The van der Waals surface area contributed by atoms with Crippen LogP contribution in [0.5, 0.6) is 0 Å². The molecule has 0 spiro atoms. The lowest BCUT2D eigenvalue weighted by atomic mass is 10.1. The van der Waals surface area contributed by atoms with Crippen molar-refractivity contribution in [2.24, 2.45) is 0 Å². The van der Waals surface area contributed by atoms with Crippen LogP contribution in [0.15, 0.2) is 22.8 Å². The predicted molar refractivity (Wildman–Crippen MR) is 74.0 cm³/mol. The van der Waals surface area contributed by atoms with Crippen molar-refractivity contribution in [2.45, 2.75) is 32.5 Å². The molecule has 2 rings (SSSR count). The van der Waals surface area contributed by atoms with Gasteiger partial charge in [0.25, 0.3) is 0 Å². The zero-order valence-electron chi connectivity index (χ0n) is 11.3. The van der Waals surface area contributed by atoms with Crippen molar-refractivity contribution in [1.29, 1.82) is 0 Å². The second-order valence-electron chi connectivity index (χ2n) is 4.83. The van der Waals surface area contributed by atoms with Crippen LogP contribution in [0.1, 0.15) is 19.7 Å². The zero-order valence-corrected chi connectivity index (χ0v) is 12.1. The number of hydrogen-bond acceptors (Lipinski definition) is 5. The number of nitrogens with zero attached hydrogens (tertiary/aromatic N) is 3. The van der Waals surface area contributed by atoms with Crippen molar-refractivity contribution in [1.82, 2.24) is 20.1 Å². The van der Waals surface area contributed by atoms with E-state index >= 15 is 0 Å². The molecular formula is C12H19ClN4O2. The molecular weight excluding hydrogens is 268 g/mol. The molecule has 6 nitrogen and oxygen atoms in total. The minimum atomic E-state index is -0.837. The maximum absolute atomic E-state index is 9.87. The number of aromatic nitrogens is 3. The number of nitrogens with one attached hydrogen (secondary N) is 1. The van der Waals surface area contributed by atoms with Gasteiger partial charge in [0.05, 0.1) is 25.0 Å². The van der Waals surface area contributed by atoms with Crippen LogP contribution in [0.3, 0.4) is 0 Å². The largest absolute Gasteiger partial charge is 0.461 e. The van der Waals surface area contributed by atoms with Crippen LogP contribution in [0, 0.1) is 0 Å². The molecule has 2 aromatic heterocycles. The Balaban J connectivity index is 0.00000180. The maximum atomic E-state index is 9.87. The molecule has 0 radical (unpaired) electrons. The van der Waals surface area contributed by atoms with Gasteiger partial charge in [0.2, 0.25) is 5.82 Å². The fourth-order valence-electron chi connectivity index (χ4n) is 1.67. The van der Waals surface area contributed by atoms with Crippen LogP contribution in [-0.2, 0) is 13.1 Å². The molecule has 0 aromatic carbocycles. The van der Waals surface area contributed by atoms with Gasteiger partial charge in [-0.3, -0.25) is 0 Å². The van der Waals surface area contributed by atoms with Gasteiger partial charge in [0, 0.05) is 0 Å². The van der Waals surface area contributed by atoms with E-state index in [2.05, 4.69) is 15.4 Å². The van der Waals surface area contributed by atoms with Gasteiger partial charge in [-0.1, -0.05) is 0 Å². The monoisotopic (exact) mass is 286 g/mol. The molecule has 0 fully saturated rings. The number of hydrogen-bond donors (Lipinski definition) is 2. The number of furan rings is 1. The topological polar surface area (TPSA) is 76.1 Å². The molecule has 7 heteroatoms. The van der Waals surface area contributed by atoms with Crippen LogP contribution < -0.4 is 5.32 Å². The number of rotatable bonds is 5. The van der Waals surface area contributed by atoms with Gasteiger partial charge in [0.15, 0.2) is 5.76 Å². The Bertz CT molecular complexity index is 502. The molecule has 2 heterocycles. The van der Waals surface area contributed by atoms with Crippen molar-refractivity contribution in [3.63, 3.8) is 0 Å². The Kier molecular flexibility index (Phi) is 5.11. The van der Waals surface area contributed by atoms with Gasteiger partial charge in [-0.05, 0) is 33.0 Å². The van der Waals surface area contributed by atoms with Gasteiger partial charge in [-0.2, -0.15) is 0 Å². The summed E-state index contributed by atoms with van der Waals surface area (Å²) >= 11 is 0. The van der Waals surface area contributed by atoms with E-state index in [4.69, 9.17) is 4.42 Å². The Morgan fingerprint density at radius 1 is 1.47 bits per heavy atom. The Morgan fingerprint density at radius 3 is 2.74 bits per heavy atom. The van der Waals surface area contributed by atoms with Gasteiger partial charge in [-0.25, -0.2) is 9.67 Å². The van der Waals surface area contributed by atoms with Crippen molar-refractivity contribution < 1.29 is 9.52 Å². The average molecular weight is 287 g/mol. The standard InChI is InChI=1S/C12H18N4O2.ClH/c1-12(2,17)8-16-10(7-13-3)14-11(15-16)9-5-4-6-18-9;/h4-6,13,17H,7-8H2,1-3H3;1H. The second-order valence-corrected chi connectivity index (χ2v) is 4.83. The lowest BCUT2D eigenvalue weighted by Gasteiger charge is -2.17. The Morgan fingerprint density at radius 2 is 2.21 bits per heavy atom. The van der Waals surface area contributed by atoms with Crippen molar-refractivity contribution >= 4 is 12.4 Å². The molecule has 106 valence electrons. The normalized spacial score (nSPS) is 11.4. The molecule has 2 N–H and O–H groups in total. The molecule has 0 atom stereocenters. The summed E-state index contributed by atoms with van der Waals surface area (Å²) in [6.45, 7) is 4.45. The molecule has 0 amide bonds. The molecule has 2 aromatic rings. The summed E-state index contributed by atoms with van der Waals surface area (Å²) < 4.78 is 6.98. The first kappa shape index (κ1) is 15.7. The van der Waals surface area contributed by atoms with Gasteiger partial charge < -0.3 is 14.8 Å². The van der Waals surface area contributed by atoms with Gasteiger partial charge in [-0.15, -0.1) is 17.5 Å². The van der Waals surface area contributed by atoms with Crippen LogP contribution in [0.4, 0.5) is 0 Å². The first-order valence-corrected chi connectivity index (χ1v) is 5.84. The third kappa shape index (κ3) is 4.05. The third-order valence-electron chi connectivity index (χ3n) is 2.36. The van der Waals surface area contributed by atoms with E-state index in [0.29, 0.717) is 24.7 Å². The fourth-order valence-corrected chi connectivity index (χ4v) is 1.67. The highest BCUT2D eigenvalue weighted by atomic mass is 35.5. The Hall–Kier alpha value is -1.37. The van der Waals surface area contributed by atoms with Crippen LogP contribution in [0.2, 0.25) is 0 Å². The summed E-state index contributed by atoms with van der Waals surface area (Å²) in [6.07, 6.45) is 1.59. The van der Waals surface area contributed by atoms with E-state index < -0.39 is 5.60 Å². The van der Waals surface area contributed by atoms with E-state index in [1.807, 2.05) is 13.1 Å². The Labute approximate surface area is 118 Å². The zero-order chi connectivity index (χ0) is 13.2. The first-order valence-electron chi connectivity index (χ1n) is 5.84. The quantitative estimate of drug-likeness (QED) is 0.870. The van der Waals surface area contributed by atoms with E-state index in [-0.39, 0.29) is 12.4 Å². The first-order chi connectivity index (χ1) is 8.49. The lowest BCUT2D eigenvalue weighted by molar-refractivity contribution is 0.0566. The van der Waals surface area contributed by atoms with Crippen molar-refractivity contribution in [3.8, 4) is 11.6 Å². The van der Waals surface area contributed by atoms with Crippen LogP contribution in [0.25, 0.3) is 11.6 Å². The minimum absolute atomic E-state index is 0. The average Bonchev–Trinajstić information content (AvgIpc) is 2.86. The summed E-state index contributed by atoms with van der Waals surface area (Å²) in [7, 11) is 1.84. The lowest BCUT2D eigenvalue weighted by Crippen LogP contribution is -2.28. The minimum Gasteiger partial charge on any atom is -0.461 e. The second kappa shape index (κ2) is 6.18. The highest BCUT2D eigenvalue weighted by Crippen LogP contribution is 2.17. The van der Waals surface area contributed by atoms with E-state index in [1.54, 1.807) is 30.9 Å². The highest BCUT2D eigenvalue weighted by Gasteiger charge is 2.19. The summed E-state index contributed by atoms with van der Waals surface area (Å²) in [5, 5.41) is 17.3. The number of aliphatic hydroxyl groups is 1. The third-order valence-corrected chi connectivity index (χ3v) is 2.36. The predicted octanol–water partition coefficient (Wildman–Crippen LogP) is 1.45. The SMILES string of the molecule is CNCc1nc(-c2ccco2)nn1CC(C)(C)O.Cl. The van der Waals surface area contributed by atoms with E-state index in [0.717, 1.165) is 5.82 Å². The number of halogens is 1. The van der Waals surface area contributed by atoms with Crippen molar-refractivity contribution in [2.75, 3.05) is 7.05 Å². The van der Waals surface area contributed by atoms with Crippen LogP contribution >= 0.6 is 12.4 Å². The maximum Gasteiger partial charge on any atom is 0.217 e. The van der Waals surface area contributed by atoms with Gasteiger partial charge >= 0.3 is 0 Å². The van der Waals surface area contributed by atoms with Gasteiger partial charge in [0.1, 0.15) is 5.82 Å². The highest BCUT2D eigenvalue weighted by molar-refractivity contribution is 5.85. The molecule has 0 unspecified atom stereocenters. The molecule has 19 heavy (non-hydrogen) atoms. The summed E-state index contributed by atoms with van der Waals surface area (Å²) in [5.41, 5.74) is -0.837. The molecule has 0 saturated heterocycles. The molecule has 0 aliphatic heterocycles. The van der Waals surface area contributed by atoms with E-state index in [9.17, 15) is 5.11 Å².